The molecule has 0 atom stereocenters. The minimum absolute atomic E-state index is 0.0406. The molecule has 0 amide bonds. The van der Waals surface area contributed by atoms with E-state index in [0.29, 0.717) is 22.0 Å². The first-order valence-corrected chi connectivity index (χ1v) is 6.54. The van der Waals surface area contributed by atoms with Crippen molar-refractivity contribution < 1.29 is 14.3 Å². The Morgan fingerprint density at radius 1 is 1.38 bits per heavy atom. The summed E-state index contributed by atoms with van der Waals surface area (Å²) in [5.74, 6) is -0.498. The maximum atomic E-state index is 12.4. The first kappa shape index (κ1) is 14.9. The highest BCUT2D eigenvalue weighted by Crippen LogP contribution is 2.21. The number of aromatic nitrogens is 2. The zero-order valence-corrected chi connectivity index (χ0v) is 12.1. The fourth-order valence-electron chi connectivity index (χ4n) is 2.12. The standard InChI is InChI=1S/C15H16N2O4/c1-9(2)14-12-6-10(8-18)4-5-11(12)15(20)17(16-14)7-13(19)21-3/h4-6,8-9H,7H2,1-3H3. The fourth-order valence-corrected chi connectivity index (χ4v) is 2.12. The van der Waals surface area contributed by atoms with Crippen molar-refractivity contribution >= 4 is 23.0 Å². The number of carbonyl (C=O) groups excluding carboxylic acids is 2. The van der Waals surface area contributed by atoms with Crippen LogP contribution in [0.25, 0.3) is 10.8 Å². The van der Waals surface area contributed by atoms with E-state index in [1.54, 1.807) is 18.2 Å². The number of rotatable bonds is 4. The Bertz CT molecular complexity index is 762. The predicted molar refractivity (Wildman–Crippen MR) is 77.5 cm³/mol. The van der Waals surface area contributed by atoms with Crippen molar-refractivity contribution in [1.82, 2.24) is 9.78 Å². The number of methoxy groups -OCH3 is 1. The number of aldehydes is 1. The molecule has 0 radical (unpaired) electrons. The molecule has 0 aliphatic rings. The van der Waals surface area contributed by atoms with Gasteiger partial charge in [0.2, 0.25) is 0 Å². The van der Waals surface area contributed by atoms with E-state index in [9.17, 15) is 14.4 Å². The monoisotopic (exact) mass is 288 g/mol. The molecule has 2 aromatic rings. The number of ether oxygens (including phenoxy) is 1. The number of hydrogen-bond donors (Lipinski definition) is 0. The summed E-state index contributed by atoms with van der Waals surface area (Å²) >= 11 is 0. The lowest BCUT2D eigenvalue weighted by Crippen LogP contribution is -2.29. The molecule has 6 heteroatoms. The second-order valence-corrected chi connectivity index (χ2v) is 5.00. The van der Waals surface area contributed by atoms with Crippen LogP contribution in [0.1, 0.15) is 35.8 Å². The lowest BCUT2D eigenvalue weighted by Gasteiger charge is -2.12. The summed E-state index contributed by atoms with van der Waals surface area (Å²) in [6.07, 6.45) is 0.726. The first-order valence-electron chi connectivity index (χ1n) is 6.54. The molecule has 0 bridgehead atoms. The zero-order chi connectivity index (χ0) is 15.6. The number of nitrogens with zero attached hydrogens (tertiary/aromatic N) is 2. The van der Waals surface area contributed by atoms with Gasteiger partial charge in [-0.1, -0.05) is 19.9 Å². The van der Waals surface area contributed by atoms with Crippen molar-refractivity contribution in [1.29, 1.82) is 0 Å². The van der Waals surface area contributed by atoms with Gasteiger partial charge in [0.15, 0.2) is 0 Å². The molecule has 21 heavy (non-hydrogen) atoms. The van der Waals surface area contributed by atoms with E-state index < -0.39 is 5.97 Å². The van der Waals surface area contributed by atoms with Gasteiger partial charge >= 0.3 is 5.97 Å². The fraction of sp³-hybridized carbons (Fsp3) is 0.333. The van der Waals surface area contributed by atoms with Crippen molar-refractivity contribution in [2.24, 2.45) is 0 Å². The summed E-state index contributed by atoms with van der Waals surface area (Å²) in [7, 11) is 1.26. The summed E-state index contributed by atoms with van der Waals surface area (Å²) < 4.78 is 5.67. The van der Waals surface area contributed by atoms with E-state index in [1.165, 1.54) is 7.11 Å². The second-order valence-electron chi connectivity index (χ2n) is 5.00. The molecule has 1 aromatic carbocycles. The molecule has 0 saturated heterocycles. The Morgan fingerprint density at radius 3 is 2.67 bits per heavy atom. The molecule has 0 saturated carbocycles. The third-order valence-electron chi connectivity index (χ3n) is 3.20. The Hall–Kier alpha value is -2.50. The summed E-state index contributed by atoms with van der Waals surface area (Å²) in [4.78, 5) is 34.6. The van der Waals surface area contributed by atoms with Gasteiger partial charge in [0.05, 0.1) is 18.2 Å². The first-order chi connectivity index (χ1) is 9.97. The lowest BCUT2D eigenvalue weighted by atomic mass is 10.0. The number of esters is 1. The van der Waals surface area contributed by atoms with E-state index in [2.05, 4.69) is 9.84 Å². The van der Waals surface area contributed by atoms with Crippen LogP contribution >= 0.6 is 0 Å². The molecule has 0 aliphatic carbocycles. The zero-order valence-electron chi connectivity index (χ0n) is 12.1. The van der Waals surface area contributed by atoms with Crippen LogP contribution < -0.4 is 5.56 Å². The van der Waals surface area contributed by atoms with Crippen molar-refractivity contribution in [3.63, 3.8) is 0 Å². The van der Waals surface area contributed by atoms with E-state index in [-0.39, 0.29) is 18.0 Å². The average molecular weight is 288 g/mol. The van der Waals surface area contributed by atoms with Gasteiger partial charge in [-0.2, -0.15) is 5.10 Å². The quantitative estimate of drug-likeness (QED) is 0.629. The third-order valence-corrected chi connectivity index (χ3v) is 3.20. The topological polar surface area (TPSA) is 78.3 Å². The van der Waals surface area contributed by atoms with E-state index in [0.717, 1.165) is 11.0 Å². The number of benzene rings is 1. The molecule has 0 spiro atoms. The number of fused-ring (bicyclic) bond motifs is 1. The largest absolute Gasteiger partial charge is 0.468 e. The van der Waals surface area contributed by atoms with Crippen molar-refractivity contribution in [3.8, 4) is 0 Å². The molecular formula is C15H16N2O4. The van der Waals surface area contributed by atoms with Crippen LogP contribution in [-0.2, 0) is 16.1 Å². The molecule has 6 nitrogen and oxygen atoms in total. The summed E-state index contributed by atoms with van der Waals surface area (Å²) in [6.45, 7) is 3.63. The molecule has 0 unspecified atom stereocenters. The van der Waals surface area contributed by atoms with E-state index >= 15 is 0 Å². The Balaban J connectivity index is 2.75. The Morgan fingerprint density at radius 2 is 2.10 bits per heavy atom. The smallest absolute Gasteiger partial charge is 0.327 e. The molecule has 2 rings (SSSR count). The van der Waals surface area contributed by atoms with Crippen LogP contribution in [-0.4, -0.2) is 29.1 Å². The number of hydrogen-bond acceptors (Lipinski definition) is 5. The van der Waals surface area contributed by atoms with Crippen LogP contribution in [0.4, 0.5) is 0 Å². The van der Waals surface area contributed by atoms with Crippen molar-refractivity contribution in [3.05, 3.63) is 39.8 Å². The summed E-state index contributed by atoms with van der Waals surface area (Å²) in [6, 6.07) is 4.81. The summed E-state index contributed by atoms with van der Waals surface area (Å²) in [5, 5.41) is 5.32. The van der Waals surface area contributed by atoms with E-state index in [1.807, 2.05) is 13.8 Å². The van der Waals surface area contributed by atoms with Gasteiger partial charge in [0, 0.05) is 10.9 Å². The third kappa shape index (κ3) is 2.84. The Labute approximate surface area is 121 Å². The van der Waals surface area contributed by atoms with Gasteiger partial charge in [-0.05, 0) is 18.1 Å². The average Bonchev–Trinajstić information content (AvgIpc) is 2.48. The van der Waals surface area contributed by atoms with Gasteiger partial charge in [-0.15, -0.1) is 0 Å². The number of carbonyl (C=O) groups is 2. The van der Waals surface area contributed by atoms with E-state index in [4.69, 9.17) is 0 Å². The van der Waals surface area contributed by atoms with Gasteiger partial charge in [-0.25, -0.2) is 4.68 Å². The molecule has 1 heterocycles. The molecule has 110 valence electrons. The van der Waals surface area contributed by atoms with Gasteiger partial charge in [-0.3, -0.25) is 14.4 Å². The van der Waals surface area contributed by atoms with Crippen LogP contribution in [0.5, 0.6) is 0 Å². The lowest BCUT2D eigenvalue weighted by molar-refractivity contribution is -0.141. The van der Waals surface area contributed by atoms with Gasteiger partial charge in [0.1, 0.15) is 12.8 Å². The molecule has 0 fully saturated rings. The maximum absolute atomic E-state index is 12.4. The molecule has 1 aromatic heterocycles. The highest BCUT2D eigenvalue weighted by molar-refractivity contribution is 5.90. The second kappa shape index (κ2) is 5.87. The van der Waals surface area contributed by atoms with Gasteiger partial charge in [0.25, 0.3) is 5.56 Å². The van der Waals surface area contributed by atoms with Crippen LogP contribution in [0.3, 0.4) is 0 Å². The SMILES string of the molecule is COC(=O)Cn1nc(C(C)C)c2cc(C=O)ccc2c1=O. The minimum atomic E-state index is -0.539. The molecule has 0 aliphatic heterocycles. The normalized spacial score (nSPS) is 10.9. The highest BCUT2D eigenvalue weighted by Gasteiger charge is 2.15. The minimum Gasteiger partial charge on any atom is -0.468 e. The predicted octanol–water partition coefficient (Wildman–Crippen LogP) is 1.51. The molecular weight excluding hydrogens is 272 g/mol. The van der Waals surface area contributed by atoms with Crippen LogP contribution in [0, 0.1) is 0 Å². The van der Waals surface area contributed by atoms with Crippen LogP contribution in [0.2, 0.25) is 0 Å². The summed E-state index contributed by atoms with van der Waals surface area (Å²) in [5.41, 5.74) is 0.769. The van der Waals surface area contributed by atoms with Crippen molar-refractivity contribution in [2.45, 2.75) is 26.3 Å². The highest BCUT2D eigenvalue weighted by atomic mass is 16.5. The Kier molecular flexibility index (Phi) is 4.16. The maximum Gasteiger partial charge on any atom is 0.327 e. The van der Waals surface area contributed by atoms with Crippen molar-refractivity contribution in [2.75, 3.05) is 7.11 Å². The molecule has 0 N–H and O–H groups in total. The van der Waals surface area contributed by atoms with Gasteiger partial charge < -0.3 is 4.74 Å². The van der Waals surface area contributed by atoms with Crippen LogP contribution in [0.15, 0.2) is 23.0 Å².